The van der Waals surface area contributed by atoms with Gasteiger partial charge >= 0.3 is 0 Å². The van der Waals surface area contributed by atoms with Gasteiger partial charge in [0.2, 0.25) is 10.0 Å². The maximum Gasteiger partial charge on any atom is 0.243 e. The molecule has 7 heteroatoms. The molecule has 0 aliphatic carbocycles. The van der Waals surface area contributed by atoms with E-state index in [-0.39, 0.29) is 6.04 Å². The first-order chi connectivity index (χ1) is 11.8. The number of hydrogen-bond acceptors (Lipinski definition) is 3. The molecular formula is C18H29N3O2S2. The fraction of sp³-hybridized carbons (Fsp3) is 0.611. The van der Waals surface area contributed by atoms with E-state index in [0.717, 1.165) is 6.42 Å². The van der Waals surface area contributed by atoms with Crippen LogP contribution in [0.5, 0.6) is 0 Å². The maximum atomic E-state index is 12.9. The average Bonchev–Trinajstić information content (AvgIpc) is 2.60. The predicted molar refractivity (Wildman–Crippen MR) is 106 cm³/mol. The summed E-state index contributed by atoms with van der Waals surface area (Å²) in [6, 6.07) is 7.60. The molecule has 140 valence electrons. The Morgan fingerprint density at radius 2 is 1.68 bits per heavy atom. The van der Waals surface area contributed by atoms with Gasteiger partial charge in [-0.3, -0.25) is 0 Å². The van der Waals surface area contributed by atoms with Gasteiger partial charge in [-0.15, -0.1) is 0 Å². The Balaban J connectivity index is 2.03. The van der Waals surface area contributed by atoms with Crippen LogP contribution < -0.4 is 5.32 Å². The molecular weight excluding hydrogens is 354 g/mol. The van der Waals surface area contributed by atoms with E-state index >= 15 is 0 Å². The normalized spacial score (nSPS) is 17.6. The summed E-state index contributed by atoms with van der Waals surface area (Å²) in [5.74, 6) is 0.440. The minimum atomic E-state index is -3.44. The minimum Gasteiger partial charge on any atom is -0.360 e. The number of piperazine rings is 1. The topological polar surface area (TPSA) is 52.7 Å². The number of hydrogen-bond donors (Lipinski definition) is 1. The number of nitrogens with zero attached hydrogens (tertiary/aromatic N) is 2. The molecule has 5 nitrogen and oxygen atoms in total. The van der Waals surface area contributed by atoms with E-state index in [1.807, 2.05) is 30.9 Å². The smallest absolute Gasteiger partial charge is 0.243 e. The molecule has 2 rings (SSSR count). The number of thiocarbonyl (C=S) groups is 1. The van der Waals surface area contributed by atoms with Gasteiger partial charge in [-0.25, -0.2) is 8.42 Å². The lowest BCUT2D eigenvalue weighted by Gasteiger charge is -2.36. The summed E-state index contributed by atoms with van der Waals surface area (Å²) >= 11 is 5.37. The van der Waals surface area contributed by atoms with E-state index in [1.165, 1.54) is 5.56 Å². The monoisotopic (exact) mass is 383 g/mol. The Hall–Kier alpha value is -1.18. The summed E-state index contributed by atoms with van der Waals surface area (Å²) in [7, 11) is -3.44. The second-order valence-corrected chi connectivity index (χ2v) is 9.20. The molecule has 1 aliphatic heterocycles. The van der Waals surface area contributed by atoms with Crippen molar-refractivity contribution < 1.29 is 8.42 Å². The molecule has 0 radical (unpaired) electrons. The zero-order chi connectivity index (χ0) is 18.6. The molecule has 0 unspecified atom stereocenters. The van der Waals surface area contributed by atoms with Crippen molar-refractivity contribution in [2.24, 2.45) is 0 Å². The number of nitrogens with one attached hydrogen (secondary N) is 1. The third-order valence-corrected chi connectivity index (χ3v) is 6.93. The molecule has 0 aromatic heterocycles. The molecule has 1 heterocycles. The van der Waals surface area contributed by atoms with Gasteiger partial charge in [0, 0.05) is 32.2 Å². The van der Waals surface area contributed by atoms with Crippen LogP contribution in [0.2, 0.25) is 0 Å². The first kappa shape index (κ1) is 20.1. The van der Waals surface area contributed by atoms with Crippen molar-refractivity contribution in [2.45, 2.75) is 51.0 Å². The summed E-state index contributed by atoms with van der Waals surface area (Å²) in [5, 5.41) is 3.91. The first-order valence-electron chi connectivity index (χ1n) is 8.91. The quantitative estimate of drug-likeness (QED) is 0.793. The van der Waals surface area contributed by atoms with Crippen LogP contribution in [0.25, 0.3) is 0 Å². The average molecular weight is 384 g/mol. The minimum absolute atomic E-state index is 0.276. The van der Waals surface area contributed by atoms with Gasteiger partial charge in [0.25, 0.3) is 0 Å². The highest BCUT2D eigenvalue weighted by molar-refractivity contribution is 7.89. The van der Waals surface area contributed by atoms with Crippen molar-refractivity contribution in [3.8, 4) is 0 Å². The van der Waals surface area contributed by atoms with Crippen LogP contribution in [0.4, 0.5) is 0 Å². The highest BCUT2D eigenvalue weighted by Crippen LogP contribution is 2.23. The van der Waals surface area contributed by atoms with Gasteiger partial charge in [-0.2, -0.15) is 4.31 Å². The highest BCUT2D eigenvalue weighted by Gasteiger charge is 2.29. The molecule has 1 N–H and O–H groups in total. The summed E-state index contributed by atoms with van der Waals surface area (Å²) in [6.45, 7) is 10.5. The lowest BCUT2D eigenvalue weighted by atomic mass is 9.99. The van der Waals surface area contributed by atoms with Gasteiger partial charge in [0.15, 0.2) is 5.11 Å². The zero-order valence-electron chi connectivity index (χ0n) is 15.5. The van der Waals surface area contributed by atoms with Crippen molar-refractivity contribution in [3.05, 3.63) is 29.8 Å². The fourth-order valence-corrected chi connectivity index (χ4v) is 4.66. The number of benzene rings is 1. The van der Waals surface area contributed by atoms with Crippen molar-refractivity contribution in [1.29, 1.82) is 0 Å². The Morgan fingerprint density at radius 1 is 1.12 bits per heavy atom. The molecule has 1 aromatic rings. The van der Waals surface area contributed by atoms with E-state index < -0.39 is 10.0 Å². The van der Waals surface area contributed by atoms with Crippen molar-refractivity contribution in [2.75, 3.05) is 26.2 Å². The molecule has 1 atom stereocenters. The van der Waals surface area contributed by atoms with E-state index in [0.29, 0.717) is 42.1 Å². The van der Waals surface area contributed by atoms with Crippen LogP contribution in [0.3, 0.4) is 0 Å². The Bertz CT molecular complexity index is 679. The van der Waals surface area contributed by atoms with Crippen LogP contribution in [-0.4, -0.2) is 55.0 Å². The summed E-state index contributed by atoms with van der Waals surface area (Å²) in [4.78, 5) is 2.41. The lowest BCUT2D eigenvalue weighted by Crippen LogP contribution is -2.53. The third-order valence-electron chi connectivity index (χ3n) is 4.64. The fourth-order valence-electron chi connectivity index (χ4n) is 2.82. The largest absolute Gasteiger partial charge is 0.360 e. The molecule has 0 spiro atoms. The Labute approximate surface area is 157 Å². The molecule has 0 saturated carbocycles. The first-order valence-corrected chi connectivity index (χ1v) is 10.8. The van der Waals surface area contributed by atoms with Gasteiger partial charge in [0.05, 0.1) is 4.90 Å². The van der Waals surface area contributed by atoms with Gasteiger partial charge in [-0.05, 0) is 56.1 Å². The van der Waals surface area contributed by atoms with Gasteiger partial charge in [0.1, 0.15) is 0 Å². The van der Waals surface area contributed by atoms with E-state index in [9.17, 15) is 8.42 Å². The molecule has 1 fully saturated rings. The number of rotatable bonds is 5. The van der Waals surface area contributed by atoms with E-state index in [1.54, 1.807) is 16.4 Å². The molecule has 1 aromatic carbocycles. The molecule has 1 saturated heterocycles. The van der Waals surface area contributed by atoms with E-state index in [2.05, 4.69) is 19.2 Å². The van der Waals surface area contributed by atoms with Crippen molar-refractivity contribution in [3.63, 3.8) is 0 Å². The Kier molecular flexibility index (Phi) is 6.82. The molecule has 0 amide bonds. The third kappa shape index (κ3) is 4.92. The van der Waals surface area contributed by atoms with Crippen LogP contribution in [-0.2, 0) is 10.0 Å². The summed E-state index contributed by atoms with van der Waals surface area (Å²) in [6.07, 6.45) is 1.04. The van der Waals surface area contributed by atoms with Crippen LogP contribution >= 0.6 is 12.2 Å². The van der Waals surface area contributed by atoms with E-state index in [4.69, 9.17) is 12.2 Å². The lowest BCUT2D eigenvalue weighted by molar-refractivity contribution is 0.263. The van der Waals surface area contributed by atoms with Gasteiger partial charge in [-0.1, -0.05) is 26.0 Å². The summed E-state index contributed by atoms with van der Waals surface area (Å²) < 4.78 is 27.3. The molecule has 25 heavy (non-hydrogen) atoms. The second kappa shape index (κ2) is 8.47. The van der Waals surface area contributed by atoms with Gasteiger partial charge < -0.3 is 10.2 Å². The Morgan fingerprint density at radius 3 is 2.16 bits per heavy atom. The van der Waals surface area contributed by atoms with Crippen molar-refractivity contribution >= 4 is 27.4 Å². The molecule has 1 aliphatic rings. The van der Waals surface area contributed by atoms with Crippen molar-refractivity contribution in [1.82, 2.24) is 14.5 Å². The SMILES string of the molecule is CC[C@H](C)c1ccc(S(=O)(=O)N2CCN(C(=S)NC(C)C)CC2)cc1. The highest BCUT2D eigenvalue weighted by atomic mass is 32.2. The maximum absolute atomic E-state index is 12.9. The van der Waals surface area contributed by atoms with Crippen LogP contribution in [0.1, 0.15) is 45.6 Å². The predicted octanol–water partition coefficient (Wildman–Crippen LogP) is 2.79. The second-order valence-electron chi connectivity index (χ2n) is 6.87. The van der Waals surface area contributed by atoms with Crippen LogP contribution in [0.15, 0.2) is 29.2 Å². The standard InChI is InChI=1S/C18H29N3O2S2/c1-5-15(4)16-6-8-17(9-7-16)25(22,23)21-12-10-20(11-13-21)18(24)19-14(2)3/h6-9,14-15H,5,10-13H2,1-4H3,(H,19,24)/t15-/m0/s1. The van der Waals surface area contributed by atoms with Crippen LogP contribution in [0, 0.1) is 0 Å². The summed E-state index contributed by atoms with van der Waals surface area (Å²) in [5.41, 5.74) is 1.18. The number of sulfonamides is 1. The molecule has 0 bridgehead atoms. The zero-order valence-corrected chi connectivity index (χ0v) is 17.2.